The molecule has 0 aliphatic heterocycles. The lowest BCUT2D eigenvalue weighted by atomic mass is 9.88. The Balaban J connectivity index is 2.43. The minimum Gasteiger partial charge on any atom is -0.0885 e. The molecule has 0 aromatic heterocycles. The van der Waals surface area contributed by atoms with Crippen LogP contribution in [0.25, 0.3) is 0 Å². The van der Waals surface area contributed by atoms with Crippen LogP contribution in [0.15, 0.2) is 35.5 Å². The van der Waals surface area contributed by atoms with Crippen molar-refractivity contribution in [2.45, 2.75) is 46.5 Å². The molecule has 0 saturated carbocycles. The summed E-state index contributed by atoms with van der Waals surface area (Å²) in [7, 11) is 0. The summed E-state index contributed by atoms with van der Waals surface area (Å²) in [5.41, 5.74) is 2.99. The molecule has 0 radical (unpaired) electrons. The van der Waals surface area contributed by atoms with E-state index in [-0.39, 0.29) is 0 Å². The second-order valence-corrected chi connectivity index (χ2v) is 4.45. The highest BCUT2D eigenvalue weighted by Gasteiger charge is 2.10. The van der Waals surface area contributed by atoms with Gasteiger partial charge in [-0.2, -0.15) is 0 Å². The van der Waals surface area contributed by atoms with E-state index in [1.165, 1.54) is 24.8 Å². The molecule has 1 unspecified atom stereocenters. The van der Waals surface area contributed by atoms with Gasteiger partial charge in [-0.25, -0.2) is 0 Å². The Bertz CT molecular complexity index is 249. The van der Waals surface area contributed by atoms with E-state index in [9.17, 15) is 0 Å². The van der Waals surface area contributed by atoms with E-state index in [1.807, 2.05) is 0 Å². The first kappa shape index (κ1) is 11.3. The van der Waals surface area contributed by atoms with Crippen molar-refractivity contribution in [2.75, 3.05) is 0 Å². The van der Waals surface area contributed by atoms with Crippen molar-refractivity contribution in [3.8, 4) is 0 Å². The quantitative estimate of drug-likeness (QED) is 0.568. The van der Waals surface area contributed by atoms with Crippen LogP contribution in [0.1, 0.15) is 46.5 Å². The first-order valence-electron chi connectivity index (χ1n) is 5.65. The van der Waals surface area contributed by atoms with Gasteiger partial charge in [-0.05, 0) is 52.4 Å². The monoisotopic (exact) mass is 190 g/mol. The number of hydrogen-bond acceptors (Lipinski definition) is 0. The van der Waals surface area contributed by atoms with Gasteiger partial charge in [0.15, 0.2) is 0 Å². The Kier molecular flexibility index (Phi) is 4.72. The van der Waals surface area contributed by atoms with Crippen LogP contribution in [-0.2, 0) is 0 Å². The molecular weight excluding hydrogens is 168 g/mol. The maximum absolute atomic E-state index is 2.39. The fourth-order valence-electron chi connectivity index (χ4n) is 1.85. The van der Waals surface area contributed by atoms with E-state index >= 15 is 0 Å². The van der Waals surface area contributed by atoms with Crippen LogP contribution >= 0.6 is 0 Å². The number of allylic oxidation sites excluding steroid dienone is 6. The van der Waals surface area contributed by atoms with Crippen molar-refractivity contribution < 1.29 is 0 Å². The molecule has 0 bridgehead atoms. The number of rotatable bonds is 3. The predicted octanol–water partition coefficient (Wildman–Crippen LogP) is 4.65. The molecule has 0 spiro atoms. The standard InChI is InChI=1S/C14H22/c1-12(2)8-7-9-13(3)14-10-5-4-6-11-14/h4-5,8-9,14H,6-7,10-11H2,1-3H3. The Hall–Kier alpha value is -0.780. The Morgan fingerprint density at radius 2 is 2.00 bits per heavy atom. The van der Waals surface area contributed by atoms with Crippen LogP contribution in [0.5, 0.6) is 0 Å². The molecule has 0 heteroatoms. The zero-order chi connectivity index (χ0) is 10.4. The predicted molar refractivity (Wildman–Crippen MR) is 64.3 cm³/mol. The summed E-state index contributed by atoms with van der Waals surface area (Å²) in [6, 6.07) is 0. The van der Waals surface area contributed by atoms with Gasteiger partial charge in [0.1, 0.15) is 0 Å². The summed E-state index contributed by atoms with van der Waals surface area (Å²) in [5, 5.41) is 0. The van der Waals surface area contributed by atoms with E-state index in [4.69, 9.17) is 0 Å². The lowest BCUT2D eigenvalue weighted by molar-refractivity contribution is 0.551. The normalized spacial score (nSPS) is 22.2. The molecule has 78 valence electrons. The highest BCUT2D eigenvalue weighted by atomic mass is 14.2. The number of hydrogen-bond donors (Lipinski definition) is 0. The molecule has 0 aromatic rings. The van der Waals surface area contributed by atoms with Crippen molar-refractivity contribution in [2.24, 2.45) is 5.92 Å². The third-order valence-corrected chi connectivity index (χ3v) is 2.88. The van der Waals surface area contributed by atoms with Crippen molar-refractivity contribution in [1.29, 1.82) is 0 Å². The molecule has 0 amide bonds. The van der Waals surface area contributed by atoms with Crippen LogP contribution in [0.3, 0.4) is 0 Å². The van der Waals surface area contributed by atoms with Gasteiger partial charge in [0.25, 0.3) is 0 Å². The molecular formula is C14H22. The van der Waals surface area contributed by atoms with Gasteiger partial charge in [-0.1, -0.05) is 35.5 Å². The maximum Gasteiger partial charge on any atom is -0.0164 e. The maximum atomic E-state index is 2.39. The molecule has 0 saturated heterocycles. The molecule has 0 heterocycles. The lowest BCUT2D eigenvalue weighted by Crippen LogP contribution is -2.03. The summed E-state index contributed by atoms with van der Waals surface area (Å²) in [4.78, 5) is 0. The largest absolute Gasteiger partial charge is 0.0885 e. The molecule has 0 fully saturated rings. The second-order valence-electron chi connectivity index (χ2n) is 4.45. The van der Waals surface area contributed by atoms with Crippen molar-refractivity contribution in [1.82, 2.24) is 0 Å². The summed E-state index contributed by atoms with van der Waals surface area (Å²) >= 11 is 0. The topological polar surface area (TPSA) is 0 Å². The van der Waals surface area contributed by atoms with Gasteiger partial charge in [-0.15, -0.1) is 0 Å². The second kappa shape index (κ2) is 5.85. The molecule has 0 aromatic carbocycles. The zero-order valence-corrected chi connectivity index (χ0v) is 9.72. The first-order chi connectivity index (χ1) is 6.70. The summed E-state index contributed by atoms with van der Waals surface area (Å²) in [5.74, 6) is 0.811. The fraction of sp³-hybridized carbons (Fsp3) is 0.571. The van der Waals surface area contributed by atoms with E-state index in [0.29, 0.717) is 0 Å². The summed E-state index contributed by atoms with van der Waals surface area (Å²) in [6.07, 6.45) is 14.3. The smallest absolute Gasteiger partial charge is 0.0164 e. The Labute approximate surface area is 88.4 Å². The molecule has 14 heavy (non-hydrogen) atoms. The van der Waals surface area contributed by atoms with E-state index < -0.39 is 0 Å². The highest BCUT2D eigenvalue weighted by Crippen LogP contribution is 2.25. The third kappa shape index (κ3) is 3.95. The average molecular weight is 190 g/mol. The molecule has 0 N–H and O–H groups in total. The fourth-order valence-corrected chi connectivity index (χ4v) is 1.85. The van der Waals surface area contributed by atoms with Gasteiger partial charge >= 0.3 is 0 Å². The van der Waals surface area contributed by atoms with E-state index in [2.05, 4.69) is 45.1 Å². The van der Waals surface area contributed by atoms with Crippen molar-refractivity contribution >= 4 is 0 Å². The minimum absolute atomic E-state index is 0.811. The lowest BCUT2D eigenvalue weighted by Gasteiger charge is -2.18. The summed E-state index contributed by atoms with van der Waals surface area (Å²) < 4.78 is 0. The average Bonchev–Trinajstić information content (AvgIpc) is 2.18. The van der Waals surface area contributed by atoms with Gasteiger partial charge in [0.2, 0.25) is 0 Å². The van der Waals surface area contributed by atoms with E-state index in [0.717, 1.165) is 12.3 Å². The third-order valence-electron chi connectivity index (χ3n) is 2.88. The molecule has 1 rings (SSSR count). The highest BCUT2D eigenvalue weighted by molar-refractivity contribution is 5.11. The minimum atomic E-state index is 0.811. The van der Waals surface area contributed by atoms with Crippen molar-refractivity contribution in [3.63, 3.8) is 0 Å². The van der Waals surface area contributed by atoms with Gasteiger partial charge in [-0.3, -0.25) is 0 Å². The SMILES string of the molecule is CC(C)=CCC=C(C)C1CC=CCC1. The Morgan fingerprint density at radius 3 is 2.57 bits per heavy atom. The molecule has 1 aliphatic rings. The van der Waals surface area contributed by atoms with E-state index in [1.54, 1.807) is 5.57 Å². The van der Waals surface area contributed by atoms with Gasteiger partial charge in [0.05, 0.1) is 0 Å². The van der Waals surface area contributed by atoms with Crippen LogP contribution in [0.2, 0.25) is 0 Å². The molecule has 0 nitrogen and oxygen atoms in total. The Morgan fingerprint density at radius 1 is 1.21 bits per heavy atom. The van der Waals surface area contributed by atoms with Crippen LogP contribution in [0.4, 0.5) is 0 Å². The van der Waals surface area contributed by atoms with Gasteiger partial charge < -0.3 is 0 Å². The first-order valence-corrected chi connectivity index (χ1v) is 5.65. The van der Waals surface area contributed by atoms with Crippen molar-refractivity contribution in [3.05, 3.63) is 35.5 Å². The molecule has 1 atom stereocenters. The van der Waals surface area contributed by atoms with Gasteiger partial charge in [0, 0.05) is 0 Å². The molecule has 1 aliphatic carbocycles. The van der Waals surface area contributed by atoms with Crippen LogP contribution in [0, 0.1) is 5.92 Å². The zero-order valence-electron chi connectivity index (χ0n) is 9.72. The summed E-state index contributed by atoms with van der Waals surface area (Å²) in [6.45, 7) is 6.60. The van der Waals surface area contributed by atoms with Crippen LogP contribution in [-0.4, -0.2) is 0 Å². The van der Waals surface area contributed by atoms with Crippen LogP contribution < -0.4 is 0 Å².